The normalized spacial score (nSPS) is 42.3. The Morgan fingerprint density at radius 2 is 1.93 bits per heavy atom. The lowest BCUT2D eigenvalue weighted by atomic mass is 9.81. The molecule has 1 fully saturated rings. The van der Waals surface area contributed by atoms with E-state index in [1.165, 1.54) is 19.3 Å². The lowest BCUT2D eigenvalue weighted by Gasteiger charge is -2.28. The van der Waals surface area contributed by atoms with Gasteiger partial charge < -0.3 is 0 Å². The number of rotatable bonds is 3. The van der Waals surface area contributed by atoms with Crippen LogP contribution < -0.4 is 0 Å². The molecule has 0 heterocycles. The van der Waals surface area contributed by atoms with Crippen molar-refractivity contribution in [2.45, 2.75) is 56.4 Å². The summed E-state index contributed by atoms with van der Waals surface area (Å²) < 4.78 is 0.634. The van der Waals surface area contributed by atoms with E-state index in [0.717, 1.165) is 6.42 Å². The SMILES string of the molecule is CCC1CCC(I)C(CC)C(N=O)C1C. The highest BCUT2D eigenvalue weighted by molar-refractivity contribution is 14.1. The van der Waals surface area contributed by atoms with Crippen LogP contribution in [0.3, 0.4) is 0 Å². The van der Waals surface area contributed by atoms with Crippen molar-refractivity contribution in [2.24, 2.45) is 22.9 Å². The standard InChI is InChI=1S/C12H22INO/c1-4-9-6-7-11(13)10(5-2)12(14-15)8(9)3/h8-12H,4-7H2,1-3H3. The van der Waals surface area contributed by atoms with Crippen LogP contribution in [0, 0.1) is 22.7 Å². The van der Waals surface area contributed by atoms with Crippen molar-refractivity contribution in [2.75, 3.05) is 0 Å². The number of nitroso groups, excluding NO2 is 1. The molecule has 0 saturated heterocycles. The van der Waals surface area contributed by atoms with Gasteiger partial charge in [-0.1, -0.05) is 61.4 Å². The minimum atomic E-state index is 0.0457. The van der Waals surface area contributed by atoms with Crippen LogP contribution >= 0.6 is 22.6 Å². The average Bonchev–Trinajstić information content (AvgIpc) is 2.36. The predicted molar refractivity (Wildman–Crippen MR) is 73.4 cm³/mol. The number of hydrogen-bond donors (Lipinski definition) is 0. The molecule has 0 aliphatic heterocycles. The summed E-state index contributed by atoms with van der Waals surface area (Å²) in [6.07, 6.45) is 4.81. The fraction of sp³-hybridized carbons (Fsp3) is 1.00. The Kier molecular flexibility index (Phi) is 5.50. The lowest BCUT2D eigenvalue weighted by Crippen LogP contribution is -2.31. The first kappa shape index (κ1) is 13.4. The highest BCUT2D eigenvalue weighted by Gasteiger charge is 2.38. The monoisotopic (exact) mass is 323 g/mol. The molecule has 1 aliphatic carbocycles. The van der Waals surface area contributed by atoms with Crippen LogP contribution in [-0.4, -0.2) is 9.97 Å². The van der Waals surface area contributed by atoms with Gasteiger partial charge in [-0.25, -0.2) is 0 Å². The third-order valence-electron chi connectivity index (χ3n) is 4.12. The average molecular weight is 323 g/mol. The van der Waals surface area contributed by atoms with Crippen molar-refractivity contribution in [1.82, 2.24) is 0 Å². The van der Waals surface area contributed by atoms with E-state index < -0.39 is 0 Å². The van der Waals surface area contributed by atoms with Crippen LogP contribution in [0.4, 0.5) is 0 Å². The van der Waals surface area contributed by atoms with Crippen molar-refractivity contribution in [3.05, 3.63) is 4.91 Å². The molecule has 0 aromatic rings. The summed E-state index contributed by atoms with van der Waals surface area (Å²) in [4.78, 5) is 11.0. The number of alkyl halides is 1. The Labute approximate surface area is 107 Å². The van der Waals surface area contributed by atoms with Crippen LogP contribution in [0.15, 0.2) is 5.18 Å². The maximum Gasteiger partial charge on any atom is 0.0985 e. The first-order valence-electron chi connectivity index (χ1n) is 6.12. The van der Waals surface area contributed by atoms with E-state index in [1.54, 1.807) is 0 Å². The van der Waals surface area contributed by atoms with Crippen molar-refractivity contribution < 1.29 is 0 Å². The van der Waals surface area contributed by atoms with Gasteiger partial charge in [0.05, 0.1) is 6.04 Å². The molecule has 1 aliphatic rings. The summed E-state index contributed by atoms with van der Waals surface area (Å²) in [5.41, 5.74) is 0. The molecule has 0 bridgehead atoms. The van der Waals surface area contributed by atoms with Gasteiger partial charge in [0, 0.05) is 3.92 Å². The molecule has 3 heteroatoms. The van der Waals surface area contributed by atoms with Crippen LogP contribution in [-0.2, 0) is 0 Å². The zero-order chi connectivity index (χ0) is 11.4. The van der Waals surface area contributed by atoms with Gasteiger partial charge in [-0.2, -0.15) is 4.91 Å². The molecule has 88 valence electrons. The van der Waals surface area contributed by atoms with Crippen molar-refractivity contribution in [1.29, 1.82) is 0 Å². The summed E-state index contributed by atoms with van der Waals surface area (Å²) in [5, 5.41) is 3.43. The lowest BCUT2D eigenvalue weighted by molar-refractivity contribution is 0.259. The highest BCUT2D eigenvalue weighted by Crippen LogP contribution is 2.40. The summed E-state index contributed by atoms with van der Waals surface area (Å²) in [7, 11) is 0. The Bertz CT molecular complexity index is 210. The van der Waals surface area contributed by atoms with Gasteiger partial charge in [0.15, 0.2) is 0 Å². The number of hydrogen-bond acceptors (Lipinski definition) is 2. The molecule has 0 aromatic carbocycles. The third-order valence-corrected chi connectivity index (χ3v) is 5.66. The Morgan fingerprint density at radius 1 is 1.27 bits per heavy atom. The molecule has 15 heavy (non-hydrogen) atoms. The molecule has 1 saturated carbocycles. The molecule has 0 amide bonds. The minimum Gasteiger partial charge on any atom is -0.150 e. The first-order valence-corrected chi connectivity index (χ1v) is 7.36. The van der Waals surface area contributed by atoms with Gasteiger partial charge >= 0.3 is 0 Å². The maximum absolute atomic E-state index is 11.0. The second kappa shape index (κ2) is 6.16. The van der Waals surface area contributed by atoms with Crippen molar-refractivity contribution >= 4 is 22.6 Å². The van der Waals surface area contributed by atoms with Gasteiger partial charge in [0.2, 0.25) is 0 Å². The molecule has 5 atom stereocenters. The number of halogens is 1. The van der Waals surface area contributed by atoms with E-state index in [9.17, 15) is 4.91 Å². The van der Waals surface area contributed by atoms with E-state index in [4.69, 9.17) is 0 Å². The molecule has 0 spiro atoms. The minimum absolute atomic E-state index is 0.0457. The summed E-state index contributed by atoms with van der Waals surface area (Å²) in [5.74, 6) is 1.66. The molecule has 0 radical (unpaired) electrons. The van der Waals surface area contributed by atoms with Crippen LogP contribution in [0.5, 0.6) is 0 Å². The van der Waals surface area contributed by atoms with E-state index in [-0.39, 0.29) is 6.04 Å². The fourth-order valence-corrected chi connectivity index (χ4v) is 4.27. The third kappa shape index (κ3) is 2.92. The van der Waals surface area contributed by atoms with Crippen LogP contribution in [0.25, 0.3) is 0 Å². The summed E-state index contributed by atoms with van der Waals surface area (Å²) >= 11 is 2.52. The molecule has 2 nitrogen and oxygen atoms in total. The molecular weight excluding hydrogens is 301 g/mol. The van der Waals surface area contributed by atoms with Gasteiger partial charge in [0.1, 0.15) is 0 Å². The highest BCUT2D eigenvalue weighted by atomic mass is 127. The molecular formula is C12H22INO. The summed E-state index contributed by atoms with van der Waals surface area (Å²) in [6, 6.07) is 0.0457. The zero-order valence-corrected chi connectivity index (χ0v) is 12.1. The maximum atomic E-state index is 11.0. The van der Waals surface area contributed by atoms with E-state index >= 15 is 0 Å². The van der Waals surface area contributed by atoms with Crippen LogP contribution in [0.2, 0.25) is 0 Å². The quantitative estimate of drug-likeness (QED) is 0.327. The smallest absolute Gasteiger partial charge is 0.0985 e. The fourth-order valence-electron chi connectivity index (χ4n) is 2.98. The van der Waals surface area contributed by atoms with Gasteiger partial charge in [-0.15, -0.1) is 0 Å². The largest absolute Gasteiger partial charge is 0.150 e. The second-order valence-electron chi connectivity index (χ2n) is 4.79. The van der Waals surface area contributed by atoms with Crippen molar-refractivity contribution in [3.63, 3.8) is 0 Å². The van der Waals surface area contributed by atoms with Crippen LogP contribution in [0.1, 0.15) is 46.5 Å². The molecule has 0 N–H and O–H groups in total. The zero-order valence-electron chi connectivity index (χ0n) is 9.95. The topological polar surface area (TPSA) is 29.4 Å². The Morgan fingerprint density at radius 3 is 2.40 bits per heavy atom. The van der Waals surface area contributed by atoms with E-state index in [0.29, 0.717) is 21.7 Å². The van der Waals surface area contributed by atoms with Crippen molar-refractivity contribution in [3.8, 4) is 0 Å². The Balaban J connectivity index is 2.85. The number of nitrogens with zero attached hydrogens (tertiary/aromatic N) is 1. The van der Waals surface area contributed by atoms with Gasteiger partial charge in [-0.05, 0) is 30.6 Å². The summed E-state index contributed by atoms with van der Waals surface area (Å²) in [6.45, 7) is 6.64. The predicted octanol–water partition coefficient (Wildman–Crippen LogP) is 4.41. The van der Waals surface area contributed by atoms with E-state index in [2.05, 4.69) is 48.5 Å². The van der Waals surface area contributed by atoms with E-state index in [1.807, 2.05) is 0 Å². The Hall–Kier alpha value is 0.330. The van der Waals surface area contributed by atoms with Gasteiger partial charge in [-0.3, -0.25) is 0 Å². The molecule has 5 unspecified atom stereocenters. The van der Waals surface area contributed by atoms with Gasteiger partial charge in [0.25, 0.3) is 0 Å². The molecule has 1 rings (SSSR count). The second-order valence-corrected chi connectivity index (χ2v) is 6.39. The molecule has 0 aromatic heterocycles. The first-order chi connectivity index (χ1) is 7.15.